The number of amides is 1. The highest BCUT2D eigenvalue weighted by Gasteiger charge is 2.18. The molecule has 0 saturated carbocycles. The molecule has 1 atom stereocenters. The van der Waals surface area contributed by atoms with Gasteiger partial charge in [-0.3, -0.25) is 14.8 Å². The maximum atomic E-state index is 10.6. The van der Waals surface area contributed by atoms with Gasteiger partial charge >= 0.3 is 0 Å². The first kappa shape index (κ1) is 27.2. The minimum absolute atomic E-state index is 0.136. The first-order valence-electron chi connectivity index (χ1n) is 9.50. The number of nitrogens with two attached hydrogens (primary N) is 2. The van der Waals surface area contributed by atoms with Crippen LogP contribution in [0.5, 0.6) is 0 Å². The van der Waals surface area contributed by atoms with Crippen LogP contribution in [0.1, 0.15) is 18.4 Å². The van der Waals surface area contributed by atoms with E-state index < -0.39 is 0 Å². The van der Waals surface area contributed by atoms with Crippen LogP contribution in [0.25, 0.3) is 0 Å². The number of methoxy groups -OCH3 is 1. The summed E-state index contributed by atoms with van der Waals surface area (Å²) in [5.74, 6) is 0.369. The van der Waals surface area contributed by atoms with Crippen molar-refractivity contribution in [3.63, 3.8) is 0 Å². The van der Waals surface area contributed by atoms with Crippen LogP contribution in [0.3, 0.4) is 0 Å². The largest absolute Gasteiger partial charge is 0.499 e. The van der Waals surface area contributed by atoms with E-state index in [0.29, 0.717) is 49.4 Å². The molecule has 0 aliphatic carbocycles. The standard InChI is InChI=1S/C19H26N6O2.C2H4N2/c1-27-19(17(3-2-7-20)12-25-14-26)16(11-21)6-9-23-8-4-15-5-10-24-13-18(15)22;3-1-2-4/h5-6,8-10,13-14,17H,2-4,7,12,20,22H2,1H3,(H,25,26);1-4H/b9-6-,19-16-,23-8?;. The second kappa shape index (κ2) is 18.2. The normalized spacial score (nSPS) is 12.2. The third-order valence-corrected chi connectivity index (χ3v) is 3.95. The van der Waals surface area contributed by atoms with E-state index in [9.17, 15) is 10.1 Å². The summed E-state index contributed by atoms with van der Waals surface area (Å²) in [6.45, 7) is 0.894. The monoisotopic (exact) mass is 426 g/mol. The van der Waals surface area contributed by atoms with Gasteiger partial charge in [0.05, 0.1) is 24.6 Å². The van der Waals surface area contributed by atoms with Gasteiger partial charge in [0.2, 0.25) is 6.41 Å². The molecule has 1 heterocycles. The Balaban J connectivity index is 0.00000206. The number of rotatable bonds is 13. The Morgan fingerprint density at radius 2 is 2.19 bits per heavy atom. The molecule has 0 fully saturated rings. The van der Waals surface area contributed by atoms with Crippen LogP contribution >= 0.6 is 0 Å². The van der Waals surface area contributed by atoms with Crippen LogP contribution < -0.4 is 16.8 Å². The number of carbonyl (C=O) groups is 1. The average molecular weight is 427 g/mol. The lowest BCUT2D eigenvalue weighted by Gasteiger charge is -2.19. The van der Waals surface area contributed by atoms with Crippen molar-refractivity contribution >= 4 is 30.7 Å². The summed E-state index contributed by atoms with van der Waals surface area (Å²) in [6.07, 6.45) is 12.5. The van der Waals surface area contributed by atoms with Crippen molar-refractivity contribution in [2.75, 3.05) is 25.9 Å². The molecule has 1 rings (SSSR count). The number of aromatic nitrogens is 1. The molecule has 0 aliphatic heterocycles. The van der Waals surface area contributed by atoms with E-state index >= 15 is 0 Å². The predicted molar refractivity (Wildman–Crippen MR) is 123 cm³/mol. The average Bonchev–Trinajstić information content (AvgIpc) is 2.80. The van der Waals surface area contributed by atoms with Crippen molar-refractivity contribution < 1.29 is 9.53 Å². The zero-order valence-corrected chi connectivity index (χ0v) is 17.6. The lowest BCUT2D eigenvalue weighted by molar-refractivity contribution is -0.109. The highest BCUT2D eigenvalue weighted by atomic mass is 16.5. The van der Waals surface area contributed by atoms with Crippen LogP contribution in [0.4, 0.5) is 5.69 Å². The van der Waals surface area contributed by atoms with E-state index in [1.807, 2.05) is 6.07 Å². The summed E-state index contributed by atoms with van der Waals surface area (Å²) in [4.78, 5) is 18.7. The Labute approximate surface area is 182 Å². The first-order chi connectivity index (χ1) is 15.1. The highest BCUT2D eigenvalue weighted by molar-refractivity contribution is 6.12. The molecule has 1 aromatic heterocycles. The zero-order valence-electron chi connectivity index (χ0n) is 17.6. The predicted octanol–water partition coefficient (Wildman–Crippen LogP) is 1.60. The molecular formula is C21H30N8O2. The second-order valence-electron chi connectivity index (χ2n) is 6.01. The number of carbonyl (C=O) groups excluding carboxylic acids is 1. The molecule has 0 aliphatic rings. The number of nitrogens with one attached hydrogen (secondary N) is 3. The van der Waals surface area contributed by atoms with Crippen LogP contribution in [0, 0.1) is 28.1 Å². The topological polar surface area (TPSA) is 187 Å². The lowest BCUT2D eigenvalue weighted by atomic mass is 9.97. The third kappa shape index (κ3) is 11.7. The summed E-state index contributed by atoms with van der Waals surface area (Å²) >= 11 is 0. The molecule has 0 spiro atoms. The summed E-state index contributed by atoms with van der Waals surface area (Å²) in [5.41, 5.74) is 13.3. The van der Waals surface area contributed by atoms with Crippen molar-refractivity contribution in [2.24, 2.45) is 16.6 Å². The van der Waals surface area contributed by atoms with E-state index in [1.54, 1.807) is 24.7 Å². The smallest absolute Gasteiger partial charge is 0.207 e. The number of hydrogen-bond acceptors (Lipinski definition) is 9. The number of nitrogen functional groups attached to an aromatic ring is 1. The van der Waals surface area contributed by atoms with Gasteiger partial charge in [0.25, 0.3) is 0 Å². The quantitative estimate of drug-likeness (QED) is 0.105. The van der Waals surface area contributed by atoms with Gasteiger partial charge in [-0.2, -0.15) is 5.26 Å². The molecule has 1 amide bonds. The molecule has 166 valence electrons. The Bertz CT molecular complexity index is 806. The SMILES string of the molecule is CO/C(=C(C#N)/C=C\N=CCc1ccncc1N)C(CCCN)CNC=O.N=CC=N. The van der Waals surface area contributed by atoms with Crippen molar-refractivity contribution in [3.8, 4) is 6.07 Å². The number of ether oxygens (including phenoxy) is 1. The lowest BCUT2D eigenvalue weighted by Crippen LogP contribution is -2.25. The minimum atomic E-state index is -0.136. The van der Waals surface area contributed by atoms with Crippen molar-refractivity contribution in [2.45, 2.75) is 19.3 Å². The van der Waals surface area contributed by atoms with Gasteiger partial charge in [-0.1, -0.05) is 0 Å². The Morgan fingerprint density at radius 1 is 1.45 bits per heavy atom. The second-order valence-corrected chi connectivity index (χ2v) is 6.01. The van der Waals surface area contributed by atoms with Gasteiger partial charge < -0.3 is 32.3 Å². The van der Waals surface area contributed by atoms with Crippen molar-refractivity contribution in [3.05, 3.63) is 47.6 Å². The Hall–Kier alpha value is -3.84. The van der Waals surface area contributed by atoms with E-state index in [1.165, 1.54) is 13.3 Å². The van der Waals surface area contributed by atoms with Crippen molar-refractivity contribution in [1.29, 1.82) is 16.1 Å². The van der Waals surface area contributed by atoms with Gasteiger partial charge in [0, 0.05) is 49.9 Å². The summed E-state index contributed by atoms with van der Waals surface area (Å²) in [6, 6.07) is 3.95. The maximum Gasteiger partial charge on any atom is 0.207 e. The molecule has 7 N–H and O–H groups in total. The van der Waals surface area contributed by atoms with E-state index in [0.717, 1.165) is 24.4 Å². The van der Waals surface area contributed by atoms with Crippen LogP contribution in [-0.4, -0.2) is 50.2 Å². The van der Waals surface area contributed by atoms with Crippen molar-refractivity contribution in [1.82, 2.24) is 10.3 Å². The molecule has 0 aromatic carbocycles. The van der Waals surface area contributed by atoms with Gasteiger partial charge in [-0.15, -0.1) is 0 Å². The van der Waals surface area contributed by atoms with Gasteiger partial charge in [-0.05, 0) is 37.1 Å². The van der Waals surface area contributed by atoms with E-state index in [4.69, 9.17) is 27.0 Å². The van der Waals surface area contributed by atoms with Gasteiger partial charge in [0.1, 0.15) is 11.8 Å². The summed E-state index contributed by atoms with van der Waals surface area (Å²) in [7, 11) is 1.51. The minimum Gasteiger partial charge on any atom is -0.499 e. The van der Waals surface area contributed by atoms with E-state index in [-0.39, 0.29) is 5.92 Å². The van der Waals surface area contributed by atoms with Crippen LogP contribution in [-0.2, 0) is 16.0 Å². The fraction of sp³-hybridized carbons (Fsp3) is 0.333. The Kier molecular flexibility index (Phi) is 16.0. The molecule has 0 bridgehead atoms. The summed E-state index contributed by atoms with van der Waals surface area (Å²) in [5, 5.41) is 24.3. The number of nitriles is 1. The fourth-order valence-corrected chi connectivity index (χ4v) is 2.50. The zero-order chi connectivity index (χ0) is 23.3. The van der Waals surface area contributed by atoms with Crippen LogP contribution in [0.2, 0.25) is 0 Å². The van der Waals surface area contributed by atoms with Crippen LogP contribution in [0.15, 0.2) is 47.1 Å². The Morgan fingerprint density at radius 3 is 2.74 bits per heavy atom. The summed E-state index contributed by atoms with van der Waals surface area (Å²) < 4.78 is 5.44. The molecule has 1 aromatic rings. The number of aliphatic imine (C=N–C) groups is 1. The molecule has 10 nitrogen and oxygen atoms in total. The number of allylic oxidation sites excluding steroid dienone is 2. The molecule has 31 heavy (non-hydrogen) atoms. The number of anilines is 1. The van der Waals surface area contributed by atoms with Gasteiger partial charge in [-0.25, -0.2) is 0 Å². The molecule has 1 unspecified atom stereocenters. The molecular weight excluding hydrogens is 396 g/mol. The molecule has 10 heteroatoms. The van der Waals surface area contributed by atoms with E-state index in [2.05, 4.69) is 21.4 Å². The maximum absolute atomic E-state index is 10.6. The number of pyridine rings is 1. The fourth-order valence-electron chi connectivity index (χ4n) is 2.50. The third-order valence-electron chi connectivity index (χ3n) is 3.95. The molecule has 0 saturated heterocycles. The number of hydrogen-bond donors (Lipinski definition) is 5. The first-order valence-corrected chi connectivity index (χ1v) is 9.50. The van der Waals surface area contributed by atoms with Gasteiger partial charge in [0.15, 0.2) is 0 Å². The highest BCUT2D eigenvalue weighted by Crippen LogP contribution is 2.21. The number of nitrogens with zero attached hydrogens (tertiary/aromatic N) is 3. The molecule has 0 radical (unpaired) electrons.